The monoisotopic (exact) mass is 687 g/mol. The minimum atomic E-state index is -0.924. The van der Waals surface area contributed by atoms with Crippen LogP contribution in [-0.2, 0) is 30.4 Å². The molecule has 14 heteroatoms. The third-order valence-electron chi connectivity index (χ3n) is 7.92. The highest BCUT2D eigenvalue weighted by molar-refractivity contribution is 8.00. The van der Waals surface area contributed by atoms with Crippen LogP contribution in [0.15, 0.2) is 82.6 Å². The Labute approximate surface area is 282 Å². The molecule has 1 saturated heterocycles. The molecule has 0 aliphatic carbocycles. The van der Waals surface area contributed by atoms with Crippen molar-refractivity contribution in [1.82, 2.24) is 4.57 Å². The highest BCUT2D eigenvalue weighted by Crippen LogP contribution is 2.54. The molecule has 1 fully saturated rings. The molecule has 3 atom stereocenters. The molecule has 12 nitrogen and oxygen atoms in total. The van der Waals surface area contributed by atoms with E-state index in [4.69, 9.17) is 9.47 Å². The van der Waals surface area contributed by atoms with Crippen LogP contribution in [0.5, 0.6) is 5.75 Å². The standard InChI is InChI=1S/C34H29N3O9S2/c1-3-45-32(42)19-5-11-21(12-6-19)35-24(39)17-36-31-28(48-34(36)44)25(18-9-15-23(38)16-10-18)26-27(47-31)30(41)37(29(26)40)22-13-7-20(8-14-22)33(43)46-4-2/h5-16,25-27,38H,3-4,17H2,1-2H3,(H,35,39). The predicted molar refractivity (Wildman–Crippen MR) is 178 cm³/mol. The summed E-state index contributed by atoms with van der Waals surface area (Å²) >= 11 is 1.97. The zero-order chi connectivity index (χ0) is 34.1. The van der Waals surface area contributed by atoms with Crippen LogP contribution in [0.4, 0.5) is 11.4 Å². The first-order valence-electron chi connectivity index (χ1n) is 15.0. The number of carbonyl (C=O) groups is 5. The van der Waals surface area contributed by atoms with E-state index >= 15 is 0 Å². The number of esters is 2. The van der Waals surface area contributed by atoms with Crippen molar-refractivity contribution in [2.45, 2.75) is 36.6 Å². The van der Waals surface area contributed by atoms with Crippen molar-refractivity contribution in [2.24, 2.45) is 5.92 Å². The summed E-state index contributed by atoms with van der Waals surface area (Å²) in [5.41, 5.74) is 1.90. The Morgan fingerprint density at radius 2 is 1.40 bits per heavy atom. The van der Waals surface area contributed by atoms with Crippen molar-refractivity contribution in [1.29, 1.82) is 0 Å². The average Bonchev–Trinajstić information content (AvgIpc) is 3.52. The predicted octanol–water partition coefficient (Wildman–Crippen LogP) is 4.40. The van der Waals surface area contributed by atoms with Gasteiger partial charge in [0.05, 0.1) is 41.0 Å². The number of carbonyl (C=O) groups excluding carboxylic acids is 5. The number of rotatable bonds is 9. The van der Waals surface area contributed by atoms with E-state index in [9.17, 15) is 33.9 Å². The third-order valence-corrected chi connectivity index (χ3v) is 10.5. The number of benzene rings is 3. The van der Waals surface area contributed by atoms with Gasteiger partial charge in [0, 0.05) is 16.5 Å². The topological polar surface area (TPSA) is 161 Å². The van der Waals surface area contributed by atoms with Gasteiger partial charge in [0.15, 0.2) is 0 Å². The number of fused-ring (bicyclic) bond motifs is 2. The SMILES string of the molecule is CCOC(=O)c1ccc(NC(=O)Cn2c3c(sc2=O)C(c2ccc(O)cc2)C2C(=O)N(c4ccc(C(=O)OCC)cc4)C(=O)C2S3)cc1. The van der Waals surface area contributed by atoms with Crippen LogP contribution in [0.2, 0.25) is 0 Å². The van der Waals surface area contributed by atoms with Crippen LogP contribution in [0.25, 0.3) is 0 Å². The Hall–Kier alpha value is -5.21. The lowest BCUT2D eigenvalue weighted by molar-refractivity contribution is -0.122. The number of imide groups is 1. The second kappa shape index (κ2) is 13.5. The summed E-state index contributed by atoms with van der Waals surface area (Å²) in [6.07, 6.45) is 0. The summed E-state index contributed by atoms with van der Waals surface area (Å²) in [7, 11) is 0. The maximum Gasteiger partial charge on any atom is 0.338 e. The molecule has 2 aliphatic rings. The van der Waals surface area contributed by atoms with Crippen LogP contribution in [0.3, 0.4) is 0 Å². The molecule has 2 N–H and O–H groups in total. The number of phenols is 1. The van der Waals surface area contributed by atoms with Gasteiger partial charge in [-0.2, -0.15) is 0 Å². The first-order valence-corrected chi connectivity index (χ1v) is 16.7. The van der Waals surface area contributed by atoms with E-state index in [-0.39, 0.29) is 36.8 Å². The number of thioether (sulfide) groups is 1. The second-order valence-electron chi connectivity index (χ2n) is 10.9. The molecule has 0 radical (unpaired) electrons. The summed E-state index contributed by atoms with van der Waals surface area (Å²) in [6, 6.07) is 18.4. The minimum absolute atomic E-state index is 0.00978. The molecular formula is C34H29N3O9S2. The van der Waals surface area contributed by atoms with Gasteiger partial charge in [-0.05, 0) is 80.1 Å². The second-order valence-corrected chi connectivity index (χ2v) is 13.0. The fourth-order valence-corrected chi connectivity index (χ4v) is 8.53. The van der Waals surface area contributed by atoms with Crippen molar-refractivity contribution in [3.8, 4) is 5.75 Å². The number of phenolic OH excluding ortho intramolecular Hbond substituents is 1. The van der Waals surface area contributed by atoms with Gasteiger partial charge in [-0.25, -0.2) is 14.5 Å². The van der Waals surface area contributed by atoms with Crippen LogP contribution < -0.4 is 15.1 Å². The quantitative estimate of drug-likeness (QED) is 0.191. The number of aromatic hydroxyl groups is 1. The molecule has 3 aromatic carbocycles. The number of nitrogens with one attached hydrogen (secondary N) is 1. The molecule has 0 spiro atoms. The third kappa shape index (κ3) is 6.11. The Balaban J connectivity index is 1.31. The summed E-state index contributed by atoms with van der Waals surface area (Å²) in [5.74, 6) is -4.09. The van der Waals surface area contributed by atoms with E-state index in [1.807, 2.05) is 0 Å². The van der Waals surface area contributed by atoms with E-state index in [1.165, 1.54) is 53.1 Å². The highest BCUT2D eigenvalue weighted by Gasteiger charge is 2.56. The normalized spacial score (nSPS) is 18.2. The van der Waals surface area contributed by atoms with Crippen molar-refractivity contribution in [2.75, 3.05) is 23.4 Å². The highest BCUT2D eigenvalue weighted by atomic mass is 32.2. The van der Waals surface area contributed by atoms with Gasteiger partial charge in [-0.15, -0.1) is 0 Å². The largest absolute Gasteiger partial charge is 0.508 e. The number of anilines is 2. The van der Waals surface area contributed by atoms with Crippen LogP contribution in [0.1, 0.15) is 50.9 Å². The Morgan fingerprint density at radius 3 is 1.98 bits per heavy atom. The van der Waals surface area contributed by atoms with Gasteiger partial charge in [0.25, 0.3) is 0 Å². The van der Waals surface area contributed by atoms with Gasteiger partial charge in [-0.3, -0.25) is 23.7 Å². The first kappa shape index (κ1) is 32.7. The van der Waals surface area contributed by atoms with Crippen LogP contribution >= 0.6 is 23.1 Å². The van der Waals surface area contributed by atoms with Gasteiger partial charge < -0.3 is 19.9 Å². The Morgan fingerprint density at radius 1 is 0.812 bits per heavy atom. The lowest BCUT2D eigenvalue weighted by Gasteiger charge is -2.30. The van der Waals surface area contributed by atoms with Crippen molar-refractivity contribution < 1.29 is 38.6 Å². The molecule has 4 aromatic rings. The molecule has 1 aromatic heterocycles. The van der Waals surface area contributed by atoms with Gasteiger partial charge >= 0.3 is 16.8 Å². The number of aromatic nitrogens is 1. The van der Waals surface area contributed by atoms with E-state index < -0.39 is 51.6 Å². The molecule has 3 heterocycles. The number of hydrogen-bond acceptors (Lipinski definition) is 11. The summed E-state index contributed by atoms with van der Waals surface area (Å²) in [5, 5.41) is 12.2. The average molecular weight is 688 g/mol. The van der Waals surface area contributed by atoms with Gasteiger partial charge in [0.1, 0.15) is 17.5 Å². The smallest absolute Gasteiger partial charge is 0.338 e. The zero-order valence-corrected chi connectivity index (χ0v) is 27.3. The number of ether oxygens (including phenoxy) is 2. The minimum Gasteiger partial charge on any atom is -0.508 e. The maximum atomic E-state index is 14.1. The number of amides is 3. The van der Waals surface area contributed by atoms with E-state index in [0.29, 0.717) is 26.7 Å². The van der Waals surface area contributed by atoms with E-state index in [0.717, 1.165) is 28.0 Å². The molecule has 6 rings (SSSR count). The number of hydrogen-bond donors (Lipinski definition) is 2. The Kier molecular flexibility index (Phi) is 9.20. The molecule has 3 unspecified atom stereocenters. The first-order chi connectivity index (χ1) is 23.1. The fraction of sp³-hybridized carbons (Fsp3) is 0.235. The van der Waals surface area contributed by atoms with E-state index in [2.05, 4.69) is 5.32 Å². The Bertz CT molecular complexity index is 1970. The van der Waals surface area contributed by atoms with Gasteiger partial charge in [0.2, 0.25) is 17.7 Å². The lowest BCUT2D eigenvalue weighted by atomic mass is 9.83. The van der Waals surface area contributed by atoms with E-state index in [1.54, 1.807) is 38.1 Å². The molecule has 2 aliphatic heterocycles. The molecular weight excluding hydrogens is 659 g/mol. The summed E-state index contributed by atoms with van der Waals surface area (Å²) < 4.78 is 11.3. The molecule has 0 saturated carbocycles. The van der Waals surface area contributed by atoms with Crippen molar-refractivity contribution >= 4 is 64.1 Å². The van der Waals surface area contributed by atoms with Gasteiger partial charge in [-0.1, -0.05) is 35.2 Å². The maximum absolute atomic E-state index is 14.1. The fourth-order valence-electron chi connectivity index (χ4n) is 5.76. The summed E-state index contributed by atoms with van der Waals surface area (Å²) in [6.45, 7) is 3.46. The van der Waals surface area contributed by atoms with Crippen molar-refractivity contribution in [3.05, 3.63) is 104 Å². The molecule has 246 valence electrons. The lowest BCUT2D eigenvalue weighted by Crippen LogP contribution is -2.33. The number of thiazole rings is 1. The van der Waals surface area contributed by atoms with Crippen molar-refractivity contribution in [3.63, 3.8) is 0 Å². The van der Waals surface area contributed by atoms with Crippen LogP contribution in [-0.4, -0.2) is 57.8 Å². The van der Waals surface area contributed by atoms with Crippen LogP contribution in [0, 0.1) is 5.92 Å². The molecule has 3 amide bonds. The molecule has 0 bridgehead atoms. The zero-order valence-electron chi connectivity index (χ0n) is 25.7. The number of nitrogens with zero attached hydrogens (tertiary/aromatic N) is 2. The summed E-state index contributed by atoms with van der Waals surface area (Å²) in [4.78, 5) is 79.9. The molecule has 48 heavy (non-hydrogen) atoms.